The van der Waals surface area contributed by atoms with Crippen LogP contribution in [0, 0.1) is 0 Å². The molecule has 1 unspecified atom stereocenters. The molecule has 0 saturated carbocycles. The third kappa shape index (κ3) is 1.03. The molecule has 1 nitrogen and oxygen atoms in total. The molecule has 0 radical (unpaired) electrons. The van der Waals surface area contributed by atoms with E-state index in [1.54, 1.807) is 0 Å². The Morgan fingerprint density at radius 2 is 1.57 bits per heavy atom. The molecule has 40 valence electrons. The summed E-state index contributed by atoms with van der Waals surface area (Å²) in [5, 5.41) is 3.31. The molecule has 0 aromatic heterocycles. The molecular formula is C6H11N. The third-order valence-corrected chi connectivity index (χ3v) is 1.21. The SMILES string of the molecule is CC1C=C[C@H](C)N1. The van der Waals surface area contributed by atoms with Crippen molar-refractivity contribution in [2.24, 2.45) is 0 Å². The van der Waals surface area contributed by atoms with Crippen LogP contribution in [-0.4, -0.2) is 12.1 Å². The van der Waals surface area contributed by atoms with Crippen molar-refractivity contribution >= 4 is 0 Å². The molecule has 2 atom stereocenters. The van der Waals surface area contributed by atoms with Gasteiger partial charge in [0.2, 0.25) is 0 Å². The smallest absolute Gasteiger partial charge is 0.0227 e. The van der Waals surface area contributed by atoms with E-state index in [1.165, 1.54) is 0 Å². The van der Waals surface area contributed by atoms with Crippen molar-refractivity contribution in [2.75, 3.05) is 0 Å². The zero-order valence-corrected chi connectivity index (χ0v) is 4.81. The molecule has 0 aromatic carbocycles. The van der Waals surface area contributed by atoms with E-state index in [0.29, 0.717) is 12.1 Å². The zero-order chi connectivity index (χ0) is 5.28. The van der Waals surface area contributed by atoms with Crippen LogP contribution >= 0.6 is 0 Å². The van der Waals surface area contributed by atoms with Crippen molar-refractivity contribution in [3.63, 3.8) is 0 Å². The number of nitrogens with one attached hydrogen (secondary N) is 1. The van der Waals surface area contributed by atoms with Crippen molar-refractivity contribution in [2.45, 2.75) is 25.9 Å². The van der Waals surface area contributed by atoms with Gasteiger partial charge in [0.25, 0.3) is 0 Å². The van der Waals surface area contributed by atoms with Crippen LogP contribution in [0.4, 0.5) is 0 Å². The standard InChI is InChI=1S/C6H11N/c1-5-3-4-6(2)7-5/h3-7H,1-2H3/t5-,6?/m0/s1. The molecule has 0 bridgehead atoms. The Morgan fingerprint density at radius 1 is 1.14 bits per heavy atom. The minimum atomic E-state index is 0.593. The summed E-state index contributed by atoms with van der Waals surface area (Å²) in [7, 11) is 0. The molecule has 0 aliphatic carbocycles. The van der Waals surface area contributed by atoms with Gasteiger partial charge in [0.1, 0.15) is 0 Å². The van der Waals surface area contributed by atoms with Gasteiger partial charge >= 0.3 is 0 Å². The van der Waals surface area contributed by atoms with Gasteiger partial charge in [-0.15, -0.1) is 0 Å². The van der Waals surface area contributed by atoms with Gasteiger partial charge in [-0.2, -0.15) is 0 Å². The topological polar surface area (TPSA) is 12.0 Å². The Balaban J connectivity index is 2.42. The van der Waals surface area contributed by atoms with Gasteiger partial charge < -0.3 is 5.32 Å². The van der Waals surface area contributed by atoms with Gasteiger partial charge in [0, 0.05) is 12.1 Å². The molecule has 1 rings (SSSR count). The predicted octanol–water partition coefficient (Wildman–Crippen LogP) is 0.923. The van der Waals surface area contributed by atoms with Crippen LogP contribution in [0.25, 0.3) is 0 Å². The van der Waals surface area contributed by atoms with Crippen molar-refractivity contribution in [1.82, 2.24) is 5.32 Å². The van der Waals surface area contributed by atoms with E-state index in [0.717, 1.165) is 0 Å². The van der Waals surface area contributed by atoms with E-state index >= 15 is 0 Å². The monoisotopic (exact) mass is 97.1 g/mol. The van der Waals surface area contributed by atoms with Crippen molar-refractivity contribution < 1.29 is 0 Å². The van der Waals surface area contributed by atoms with Crippen LogP contribution in [0.3, 0.4) is 0 Å². The highest BCUT2D eigenvalue weighted by molar-refractivity contribution is 5.04. The maximum absolute atomic E-state index is 3.31. The first-order valence-electron chi connectivity index (χ1n) is 2.73. The zero-order valence-electron chi connectivity index (χ0n) is 4.81. The third-order valence-electron chi connectivity index (χ3n) is 1.21. The van der Waals surface area contributed by atoms with Crippen LogP contribution < -0.4 is 5.32 Å². The predicted molar refractivity (Wildman–Crippen MR) is 31.2 cm³/mol. The maximum Gasteiger partial charge on any atom is 0.0227 e. The first kappa shape index (κ1) is 4.85. The van der Waals surface area contributed by atoms with E-state index in [4.69, 9.17) is 0 Å². The summed E-state index contributed by atoms with van der Waals surface area (Å²) < 4.78 is 0. The van der Waals surface area contributed by atoms with E-state index in [2.05, 4.69) is 31.3 Å². The molecule has 0 saturated heterocycles. The normalized spacial score (nSPS) is 39.7. The van der Waals surface area contributed by atoms with Crippen molar-refractivity contribution in [1.29, 1.82) is 0 Å². The van der Waals surface area contributed by atoms with Gasteiger partial charge in [-0.1, -0.05) is 12.2 Å². The molecule has 1 heteroatoms. The second kappa shape index (κ2) is 1.66. The fourth-order valence-electron chi connectivity index (χ4n) is 0.859. The molecule has 1 aliphatic heterocycles. The molecule has 0 fully saturated rings. The van der Waals surface area contributed by atoms with Gasteiger partial charge in [-0.05, 0) is 13.8 Å². The van der Waals surface area contributed by atoms with Gasteiger partial charge in [0.05, 0.1) is 0 Å². The van der Waals surface area contributed by atoms with Gasteiger partial charge in [0.15, 0.2) is 0 Å². The lowest BCUT2D eigenvalue weighted by atomic mass is 10.4. The van der Waals surface area contributed by atoms with Gasteiger partial charge in [-0.25, -0.2) is 0 Å². The summed E-state index contributed by atoms with van der Waals surface area (Å²) in [6, 6.07) is 1.19. The lowest BCUT2D eigenvalue weighted by molar-refractivity contribution is 0.628. The summed E-state index contributed by atoms with van der Waals surface area (Å²) in [4.78, 5) is 0. The molecule has 1 N–H and O–H groups in total. The highest BCUT2D eigenvalue weighted by Gasteiger charge is 2.06. The molecule has 1 aliphatic rings. The molecule has 1 heterocycles. The van der Waals surface area contributed by atoms with E-state index in [-0.39, 0.29) is 0 Å². The van der Waals surface area contributed by atoms with Crippen molar-refractivity contribution in [3.05, 3.63) is 12.2 Å². The van der Waals surface area contributed by atoms with Gasteiger partial charge in [-0.3, -0.25) is 0 Å². The number of hydrogen-bond acceptors (Lipinski definition) is 1. The fourth-order valence-corrected chi connectivity index (χ4v) is 0.859. The van der Waals surface area contributed by atoms with E-state index < -0.39 is 0 Å². The Labute approximate surface area is 44.4 Å². The number of rotatable bonds is 0. The van der Waals surface area contributed by atoms with E-state index in [9.17, 15) is 0 Å². The van der Waals surface area contributed by atoms with E-state index in [1.807, 2.05) is 0 Å². The first-order valence-corrected chi connectivity index (χ1v) is 2.73. The van der Waals surface area contributed by atoms with Crippen LogP contribution in [0.5, 0.6) is 0 Å². The highest BCUT2D eigenvalue weighted by atomic mass is 14.9. The minimum absolute atomic E-state index is 0.593. The maximum atomic E-state index is 3.31. The molecule has 7 heavy (non-hydrogen) atoms. The minimum Gasteiger partial charge on any atom is -0.305 e. The van der Waals surface area contributed by atoms with Crippen molar-refractivity contribution in [3.8, 4) is 0 Å². The number of hydrogen-bond donors (Lipinski definition) is 1. The Kier molecular flexibility index (Phi) is 1.15. The van der Waals surface area contributed by atoms with Crippen LogP contribution in [0.2, 0.25) is 0 Å². The largest absolute Gasteiger partial charge is 0.305 e. The van der Waals surface area contributed by atoms with Crippen LogP contribution in [0.1, 0.15) is 13.8 Å². The van der Waals surface area contributed by atoms with Crippen LogP contribution in [0.15, 0.2) is 12.2 Å². The molecule has 0 spiro atoms. The summed E-state index contributed by atoms with van der Waals surface area (Å²) in [5.41, 5.74) is 0. The lowest BCUT2D eigenvalue weighted by Gasteiger charge is -2.02. The second-order valence-corrected chi connectivity index (χ2v) is 2.13. The molecular weight excluding hydrogens is 86.1 g/mol. The van der Waals surface area contributed by atoms with Crippen LogP contribution in [-0.2, 0) is 0 Å². The quantitative estimate of drug-likeness (QED) is 0.443. The Morgan fingerprint density at radius 3 is 1.71 bits per heavy atom. The molecule has 0 amide bonds. The summed E-state index contributed by atoms with van der Waals surface area (Å²) in [6.45, 7) is 4.31. The fraction of sp³-hybridized carbons (Fsp3) is 0.667. The lowest BCUT2D eigenvalue weighted by Crippen LogP contribution is -2.25. The average molecular weight is 97.2 g/mol. The first-order chi connectivity index (χ1) is 3.29. The highest BCUT2D eigenvalue weighted by Crippen LogP contribution is 1.98. The Bertz CT molecular complexity index is 76.2. The summed E-state index contributed by atoms with van der Waals surface area (Å²) in [6.07, 6.45) is 4.37. The summed E-state index contributed by atoms with van der Waals surface area (Å²) in [5.74, 6) is 0. The average Bonchev–Trinajstić information content (AvgIpc) is 1.87. The summed E-state index contributed by atoms with van der Waals surface area (Å²) >= 11 is 0. The molecule has 0 aromatic rings. The second-order valence-electron chi connectivity index (χ2n) is 2.13. The Hall–Kier alpha value is -0.300.